The second-order valence-electron chi connectivity index (χ2n) is 3.88. The average molecular weight is 351 g/mol. The second kappa shape index (κ2) is 5.53. The highest BCUT2D eigenvalue weighted by Crippen LogP contribution is 2.31. The van der Waals surface area contributed by atoms with Gasteiger partial charge < -0.3 is 5.73 Å². The molecule has 19 heavy (non-hydrogen) atoms. The van der Waals surface area contributed by atoms with Crippen LogP contribution >= 0.6 is 27.5 Å². The second-order valence-corrected chi connectivity index (χ2v) is 5.14. The van der Waals surface area contributed by atoms with Gasteiger partial charge in [0.05, 0.1) is 15.5 Å². The van der Waals surface area contributed by atoms with Crippen LogP contribution in [0.15, 0.2) is 34.8 Å². The van der Waals surface area contributed by atoms with Crippen LogP contribution in [0.25, 0.3) is 0 Å². The third-order valence-corrected chi connectivity index (χ3v) is 3.61. The molecule has 0 aliphatic carbocycles. The van der Waals surface area contributed by atoms with E-state index in [2.05, 4.69) is 15.9 Å². The van der Waals surface area contributed by atoms with Gasteiger partial charge in [-0.2, -0.15) is 0 Å². The van der Waals surface area contributed by atoms with E-state index in [1.54, 1.807) is 0 Å². The Morgan fingerprint density at radius 2 is 1.74 bits per heavy atom. The Morgan fingerprint density at radius 3 is 2.42 bits per heavy atom. The monoisotopic (exact) mass is 349 g/mol. The smallest absolute Gasteiger partial charge is 0.146 e. The molecule has 0 saturated heterocycles. The molecular weight excluding hydrogens is 343 g/mol. The Morgan fingerprint density at radius 1 is 1.05 bits per heavy atom. The summed E-state index contributed by atoms with van der Waals surface area (Å²) < 4.78 is 41.5. The number of benzene rings is 2. The molecule has 0 aromatic heterocycles. The van der Waals surface area contributed by atoms with Crippen molar-refractivity contribution in [3.8, 4) is 0 Å². The molecule has 0 saturated carbocycles. The van der Waals surface area contributed by atoms with E-state index in [0.29, 0.717) is 0 Å². The molecule has 2 rings (SSSR count). The molecule has 6 heteroatoms. The molecule has 100 valence electrons. The molecular formula is C13H8BrClF3N. The first-order valence-electron chi connectivity index (χ1n) is 5.26. The first-order valence-corrected chi connectivity index (χ1v) is 6.43. The van der Waals surface area contributed by atoms with Crippen molar-refractivity contribution in [3.63, 3.8) is 0 Å². The van der Waals surface area contributed by atoms with E-state index in [1.165, 1.54) is 24.3 Å². The fraction of sp³-hybridized carbons (Fsp3) is 0.0769. The van der Waals surface area contributed by atoms with E-state index in [-0.39, 0.29) is 15.1 Å². The zero-order valence-electron chi connectivity index (χ0n) is 9.43. The summed E-state index contributed by atoms with van der Waals surface area (Å²) in [7, 11) is 0. The Hall–Kier alpha value is -1.04. The van der Waals surface area contributed by atoms with Crippen molar-refractivity contribution in [3.05, 3.63) is 68.4 Å². The highest BCUT2D eigenvalue weighted by Gasteiger charge is 2.23. The maximum absolute atomic E-state index is 13.9. The van der Waals surface area contributed by atoms with E-state index in [9.17, 15) is 13.2 Å². The van der Waals surface area contributed by atoms with Gasteiger partial charge in [-0.15, -0.1) is 0 Å². The summed E-state index contributed by atoms with van der Waals surface area (Å²) >= 11 is 8.57. The van der Waals surface area contributed by atoms with Crippen LogP contribution in [0.4, 0.5) is 13.2 Å². The number of halogens is 5. The average Bonchev–Trinajstić information content (AvgIpc) is 2.37. The Bertz CT molecular complexity index is 634. The first-order chi connectivity index (χ1) is 8.93. The number of nitrogens with two attached hydrogens (primary N) is 1. The molecule has 1 nitrogen and oxygen atoms in total. The SMILES string of the molecule is NC(c1cccc(Cl)c1F)c1c(F)ccc(Br)c1F. The van der Waals surface area contributed by atoms with Gasteiger partial charge in [0.15, 0.2) is 0 Å². The van der Waals surface area contributed by atoms with Gasteiger partial charge in [-0.25, -0.2) is 13.2 Å². The summed E-state index contributed by atoms with van der Waals surface area (Å²) in [5, 5.41) is -0.149. The van der Waals surface area contributed by atoms with E-state index in [1.807, 2.05) is 0 Å². The maximum atomic E-state index is 13.9. The minimum Gasteiger partial charge on any atom is -0.320 e. The molecule has 1 unspecified atom stereocenters. The van der Waals surface area contributed by atoms with Crippen molar-refractivity contribution in [2.24, 2.45) is 5.73 Å². The number of hydrogen-bond acceptors (Lipinski definition) is 1. The summed E-state index contributed by atoms with van der Waals surface area (Å²) in [4.78, 5) is 0. The topological polar surface area (TPSA) is 26.0 Å². The van der Waals surface area contributed by atoms with Crippen LogP contribution in [0, 0.1) is 17.5 Å². The van der Waals surface area contributed by atoms with Crippen LogP contribution in [0.1, 0.15) is 17.2 Å². The Balaban J connectivity index is 2.59. The zero-order valence-corrected chi connectivity index (χ0v) is 11.8. The standard InChI is InChI=1S/C13H8BrClF3N/c14-7-4-5-9(16)10(12(7)18)13(19)6-2-1-3-8(15)11(6)17/h1-5,13H,19H2. The van der Waals surface area contributed by atoms with E-state index in [0.717, 1.165) is 6.07 Å². The fourth-order valence-electron chi connectivity index (χ4n) is 1.74. The lowest BCUT2D eigenvalue weighted by atomic mass is 9.98. The molecule has 0 aliphatic heterocycles. The molecule has 0 amide bonds. The lowest BCUT2D eigenvalue weighted by Gasteiger charge is -2.16. The van der Waals surface area contributed by atoms with Crippen molar-refractivity contribution in [1.29, 1.82) is 0 Å². The van der Waals surface area contributed by atoms with Crippen molar-refractivity contribution in [1.82, 2.24) is 0 Å². The van der Waals surface area contributed by atoms with Crippen molar-refractivity contribution in [2.45, 2.75) is 6.04 Å². The van der Waals surface area contributed by atoms with Gasteiger partial charge in [0.2, 0.25) is 0 Å². The number of hydrogen-bond donors (Lipinski definition) is 1. The van der Waals surface area contributed by atoms with Gasteiger partial charge in [0.1, 0.15) is 17.5 Å². The molecule has 0 bridgehead atoms. The molecule has 0 spiro atoms. The van der Waals surface area contributed by atoms with Crippen LogP contribution in [0.2, 0.25) is 5.02 Å². The van der Waals surface area contributed by atoms with Crippen LogP contribution in [0.5, 0.6) is 0 Å². The van der Waals surface area contributed by atoms with Crippen LogP contribution in [0.3, 0.4) is 0 Å². The van der Waals surface area contributed by atoms with Crippen LogP contribution in [-0.2, 0) is 0 Å². The highest BCUT2D eigenvalue weighted by molar-refractivity contribution is 9.10. The Labute approximate surface area is 121 Å². The summed E-state index contributed by atoms with van der Waals surface area (Å²) in [6.07, 6.45) is 0. The lowest BCUT2D eigenvalue weighted by Crippen LogP contribution is -2.17. The minimum absolute atomic E-state index is 0.0572. The summed E-state index contributed by atoms with van der Waals surface area (Å²) in [5.74, 6) is -2.48. The normalized spacial score (nSPS) is 12.5. The molecule has 0 heterocycles. The predicted octanol–water partition coefficient (Wildman–Crippen LogP) is 4.57. The summed E-state index contributed by atoms with van der Waals surface area (Å²) in [6.45, 7) is 0. The Kier molecular flexibility index (Phi) is 4.18. The van der Waals surface area contributed by atoms with Gasteiger partial charge in [0, 0.05) is 11.1 Å². The largest absolute Gasteiger partial charge is 0.320 e. The van der Waals surface area contributed by atoms with Gasteiger partial charge in [-0.05, 0) is 34.1 Å². The first kappa shape index (κ1) is 14.4. The molecule has 2 N–H and O–H groups in total. The summed E-state index contributed by atoms with van der Waals surface area (Å²) in [5.41, 5.74) is 5.28. The quantitative estimate of drug-likeness (QED) is 0.789. The molecule has 0 fully saturated rings. The van der Waals surface area contributed by atoms with Crippen LogP contribution in [-0.4, -0.2) is 0 Å². The minimum atomic E-state index is -1.28. The lowest BCUT2D eigenvalue weighted by molar-refractivity contribution is 0.529. The van der Waals surface area contributed by atoms with Gasteiger partial charge >= 0.3 is 0 Å². The van der Waals surface area contributed by atoms with E-state index in [4.69, 9.17) is 17.3 Å². The predicted molar refractivity (Wildman–Crippen MR) is 71.5 cm³/mol. The van der Waals surface area contributed by atoms with Crippen molar-refractivity contribution in [2.75, 3.05) is 0 Å². The van der Waals surface area contributed by atoms with E-state index >= 15 is 0 Å². The highest BCUT2D eigenvalue weighted by atomic mass is 79.9. The molecule has 0 radical (unpaired) electrons. The third-order valence-electron chi connectivity index (χ3n) is 2.71. The molecule has 2 aromatic carbocycles. The van der Waals surface area contributed by atoms with Crippen LogP contribution < -0.4 is 5.73 Å². The fourth-order valence-corrected chi connectivity index (χ4v) is 2.27. The van der Waals surface area contributed by atoms with Gasteiger partial charge in [-0.1, -0.05) is 23.7 Å². The third kappa shape index (κ3) is 2.63. The van der Waals surface area contributed by atoms with Gasteiger partial charge in [0.25, 0.3) is 0 Å². The zero-order chi connectivity index (χ0) is 14.2. The van der Waals surface area contributed by atoms with E-state index < -0.39 is 29.1 Å². The molecule has 1 atom stereocenters. The van der Waals surface area contributed by atoms with Crippen molar-refractivity contribution < 1.29 is 13.2 Å². The molecule has 2 aromatic rings. The summed E-state index contributed by atoms with van der Waals surface area (Å²) in [6, 6.07) is 5.14. The number of rotatable bonds is 2. The molecule has 0 aliphatic rings. The van der Waals surface area contributed by atoms with Crippen molar-refractivity contribution >= 4 is 27.5 Å². The van der Waals surface area contributed by atoms with Gasteiger partial charge in [-0.3, -0.25) is 0 Å². The maximum Gasteiger partial charge on any atom is 0.146 e.